The highest BCUT2D eigenvalue weighted by atomic mass is 16.5. The summed E-state index contributed by atoms with van der Waals surface area (Å²) in [6.07, 6.45) is 0. The van der Waals surface area contributed by atoms with Crippen molar-refractivity contribution >= 4 is 16.7 Å². The van der Waals surface area contributed by atoms with Gasteiger partial charge in [-0.1, -0.05) is 54.1 Å². The van der Waals surface area contributed by atoms with Gasteiger partial charge in [-0.3, -0.25) is 4.79 Å². The Morgan fingerprint density at radius 1 is 1.00 bits per heavy atom. The number of carbonyl (C=O) groups excluding carboxylic acids is 1. The van der Waals surface area contributed by atoms with Gasteiger partial charge in [-0.15, -0.1) is 0 Å². The van der Waals surface area contributed by atoms with Crippen LogP contribution in [0.4, 0.5) is 0 Å². The zero-order valence-electron chi connectivity index (χ0n) is 14.9. The van der Waals surface area contributed by atoms with E-state index in [4.69, 9.17) is 4.74 Å². The van der Waals surface area contributed by atoms with Crippen molar-refractivity contribution in [1.82, 2.24) is 5.32 Å². The summed E-state index contributed by atoms with van der Waals surface area (Å²) in [7, 11) is 0. The fourth-order valence-corrected chi connectivity index (χ4v) is 3.08. The third-order valence-corrected chi connectivity index (χ3v) is 4.36. The van der Waals surface area contributed by atoms with Gasteiger partial charge in [0, 0.05) is 0 Å². The summed E-state index contributed by atoms with van der Waals surface area (Å²) < 4.78 is 5.65. The number of nitrogens with one attached hydrogen (secondary N) is 1. The van der Waals surface area contributed by atoms with E-state index in [9.17, 15) is 4.79 Å². The average molecular weight is 333 g/mol. The van der Waals surface area contributed by atoms with Crippen LogP contribution in [0.25, 0.3) is 10.8 Å². The van der Waals surface area contributed by atoms with Gasteiger partial charge in [0.1, 0.15) is 5.75 Å². The van der Waals surface area contributed by atoms with Gasteiger partial charge in [0.15, 0.2) is 6.61 Å². The molecule has 3 rings (SSSR count). The van der Waals surface area contributed by atoms with Gasteiger partial charge < -0.3 is 10.1 Å². The second-order valence-corrected chi connectivity index (χ2v) is 6.45. The Labute approximate surface area is 148 Å². The number of ether oxygens (including phenoxy) is 1. The fraction of sp³-hybridized carbons (Fsp3) is 0.227. The number of rotatable bonds is 5. The van der Waals surface area contributed by atoms with Crippen molar-refractivity contribution < 1.29 is 9.53 Å². The van der Waals surface area contributed by atoms with Crippen molar-refractivity contribution in [3.63, 3.8) is 0 Å². The molecule has 3 aromatic carbocycles. The van der Waals surface area contributed by atoms with Gasteiger partial charge in [0.2, 0.25) is 0 Å². The minimum absolute atomic E-state index is 0.00753. The molecule has 1 amide bonds. The Morgan fingerprint density at radius 3 is 2.52 bits per heavy atom. The number of amides is 1. The Bertz CT molecular complexity index is 901. The summed E-state index contributed by atoms with van der Waals surface area (Å²) in [6, 6.07) is 20.1. The largest absolute Gasteiger partial charge is 0.484 e. The van der Waals surface area contributed by atoms with Crippen LogP contribution in [0.1, 0.15) is 29.7 Å². The molecule has 0 radical (unpaired) electrons. The first kappa shape index (κ1) is 17.0. The zero-order valence-corrected chi connectivity index (χ0v) is 14.9. The van der Waals surface area contributed by atoms with Crippen molar-refractivity contribution in [1.29, 1.82) is 0 Å². The molecule has 1 unspecified atom stereocenters. The number of hydrogen-bond acceptors (Lipinski definition) is 2. The molecule has 3 nitrogen and oxygen atoms in total. The van der Waals surface area contributed by atoms with E-state index in [-0.39, 0.29) is 18.6 Å². The zero-order chi connectivity index (χ0) is 17.8. The highest BCUT2D eigenvalue weighted by Gasteiger charge is 2.12. The predicted octanol–water partition coefficient (Wildman–Crippen LogP) is 4.71. The molecule has 128 valence electrons. The lowest BCUT2D eigenvalue weighted by atomic mass is 10.0. The first-order chi connectivity index (χ1) is 12.0. The third-order valence-electron chi connectivity index (χ3n) is 4.36. The second-order valence-electron chi connectivity index (χ2n) is 6.45. The minimum Gasteiger partial charge on any atom is -0.484 e. The van der Waals surface area contributed by atoms with Crippen LogP contribution in [0, 0.1) is 13.8 Å². The Morgan fingerprint density at radius 2 is 1.76 bits per heavy atom. The number of aryl methyl sites for hydroxylation is 2. The van der Waals surface area contributed by atoms with Crippen molar-refractivity contribution in [2.24, 2.45) is 0 Å². The van der Waals surface area contributed by atoms with E-state index in [1.54, 1.807) is 0 Å². The van der Waals surface area contributed by atoms with Gasteiger partial charge in [-0.2, -0.15) is 0 Å². The standard InChI is InChI=1S/C22H23NO2/c1-15-8-11-21(16(2)12-15)17(3)23-22(24)14-25-20-10-9-18-6-4-5-7-19(18)13-20/h4-13,17H,14H2,1-3H3,(H,23,24). The monoisotopic (exact) mass is 333 g/mol. The molecule has 25 heavy (non-hydrogen) atoms. The molecule has 1 atom stereocenters. The Kier molecular flexibility index (Phi) is 5.03. The quantitative estimate of drug-likeness (QED) is 0.734. The van der Waals surface area contributed by atoms with Crippen molar-refractivity contribution in [2.45, 2.75) is 26.8 Å². The average Bonchev–Trinajstić information content (AvgIpc) is 2.59. The minimum atomic E-state index is -0.124. The summed E-state index contributed by atoms with van der Waals surface area (Å²) >= 11 is 0. The van der Waals surface area contributed by atoms with E-state index in [1.807, 2.05) is 43.3 Å². The summed E-state index contributed by atoms with van der Waals surface area (Å²) in [5, 5.41) is 5.26. The number of hydrogen-bond donors (Lipinski definition) is 1. The van der Waals surface area contributed by atoms with Crippen LogP contribution in [-0.4, -0.2) is 12.5 Å². The normalized spacial score (nSPS) is 12.0. The number of fused-ring (bicyclic) bond motifs is 1. The van der Waals surface area contributed by atoms with Crippen molar-refractivity contribution in [3.05, 3.63) is 77.4 Å². The smallest absolute Gasteiger partial charge is 0.258 e. The Balaban J connectivity index is 1.60. The molecule has 0 spiro atoms. The van der Waals surface area contributed by atoms with E-state index < -0.39 is 0 Å². The molecule has 0 aliphatic carbocycles. The van der Waals surface area contributed by atoms with E-state index >= 15 is 0 Å². The van der Waals surface area contributed by atoms with E-state index in [0.717, 1.165) is 16.3 Å². The molecule has 0 fully saturated rings. The first-order valence-corrected chi connectivity index (χ1v) is 8.51. The molecule has 0 aliphatic heterocycles. The molecule has 0 bridgehead atoms. The fourth-order valence-electron chi connectivity index (χ4n) is 3.08. The summed E-state index contributed by atoms with van der Waals surface area (Å²) in [5.74, 6) is 0.577. The van der Waals surface area contributed by atoms with Gasteiger partial charge >= 0.3 is 0 Å². The number of carbonyl (C=O) groups is 1. The van der Waals surface area contributed by atoms with Crippen LogP contribution in [-0.2, 0) is 4.79 Å². The van der Waals surface area contributed by atoms with Gasteiger partial charge in [0.25, 0.3) is 5.91 Å². The molecule has 0 aromatic heterocycles. The molecule has 1 N–H and O–H groups in total. The molecule has 0 aliphatic rings. The Hall–Kier alpha value is -2.81. The lowest BCUT2D eigenvalue weighted by molar-refractivity contribution is -0.123. The van der Waals surface area contributed by atoms with Crippen LogP contribution >= 0.6 is 0 Å². The van der Waals surface area contributed by atoms with Gasteiger partial charge in [0.05, 0.1) is 6.04 Å². The van der Waals surface area contributed by atoms with E-state index in [0.29, 0.717) is 5.75 Å². The molecular formula is C22H23NO2. The summed E-state index contributed by atoms with van der Waals surface area (Å²) in [5.41, 5.74) is 3.53. The van der Waals surface area contributed by atoms with Crippen molar-refractivity contribution in [2.75, 3.05) is 6.61 Å². The maximum atomic E-state index is 12.2. The van der Waals surface area contributed by atoms with Crippen molar-refractivity contribution in [3.8, 4) is 5.75 Å². The van der Waals surface area contributed by atoms with Crippen LogP contribution in [0.5, 0.6) is 5.75 Å². The van der Waals surface area contributed by atoms with E-state index in [2.05, 4.69) is 43.4 Å². The lowest BCUT2D eigenvalue weighted by Gasteiger charge is -2.17. The molecule has 0 saturated heterocycles. The molecule has 0 heterocycles. The number of benzene rings is 3. The SMILES string of the molecule is Cc1ccc(C(C)NC(=O)COc2ccc3ccccc3c2)c(C)c1. The maximum Gasteiger partial charge on any atom is 0.258 e. The van der Waals surface area contributed by atoms with Crippen LogP contribution in [0.15, 0.2) is 60.7 Å². The molecule has 3 heteroatoms. The van der Waals surface area contributed by atoms with Crippen LogP contribution < -0.4 is 10.1 Å². The lowest BCUT2D eigenvalue weighted by Crippen LogP contribution is -2.31. The molecular weight excluding hydrogens is 310 g/mol. The highest BCUT2D eigenvalue weighted by Crippen LogP contribution is 2.21. The van der Waals surface area contributed by atoms with Gasteiger partial charge in [-0.25, -0.2) is 0 Å². The topological polar surface area (TPSA) is 38.3 Å². The highest BCUT2D eigenvalue weighted by molar-refractivity contribution is 5.84. The predicted molar refractivity (Wildman–Crippen MR) is 102 cm³/mol. The molecule has 3 aromatic rings. The van der Waals surface area contributed by atoms with Gasteiger partial charge in [-0.05, 0) is 54.8 Å². The maximum absolute atomic E-state index is 12.2. The van der Waals surface area contributed by atoms with Crippen LogP contribution in [0.2, 0.25) is 0 Å². The van der Waals surface area contributed by atoms with Crippen LogP contribution in [0.3, 0.4) is 0 Å². The third kappa shape index (κ3) is 4.18. The summed E-state index contributed by atoms with van der Waals surface area (Å²) in [4.78, 5) is 12.2. The molecule has 0 saturated carbocycles. The summed E-state index contributed by atoms with van der Waals surface area (Å²) in [6.45, 7) is 6.13. The second kappa shape index (κ2) is 7.39. The van der Waals surface area contributed by atoms with E-state index in [1.165, 1.54) is 11.1 Å². The first-order valence-electron chi connectivity index (χ1n) is 8.51.